The van der Waals surface area contributed by atoms with Gasteiger partial charge in [-0.3, -0.25) is 10.1 Å². The number of carboxylic acid groups (broad SMARTS) is 1. The number of thioether (sulfide) groups is 1. The van der Waals surface area contributed by atoms with E-state index in [-0.39, 0.29) is 11.5 Å². The minimum atomic E-state index is -1.39. The molecule has 0 bridgehead atoms. The van der Waals surface area contributed by atoms with Gasteiger partial charge in [0.15, 0.2) is 11.5 Å². The maximum Gasteiger partial charge on any atom is 0.342 e. The number of hydrogen-bond acceptors (Lipinski definition) is 6. The third-order valence-electron chi connectivity index (χ3n) is 2.40. The third-order valence-corrected chi connectivity index (χ3v) is 3.26. The monoisotopic (exact) mass is 301 g/mol. The van der Waals surface area contributed by atoms with Crippen molar-refractivity contribution < 1.29 is 24.3 Å². The molecular formula is C12H15NO6S. The van der Waals surface area contributed by atoms with Crippen LogP contribution in [0.3, 0.4) is 0 Å². The minimum absolute atomic E-state index is 0.162. The summed E-state index contributed by atoms with van der Waals surface area (Å²) < 4.78 is 10.4. The molecule has 1 N–H and O–H groups in total. The molecular weight excluding hydrogens is 286 g/mol. The Morgan fingerprint density at radius 2 is 2.15 bits per heavy atom. The molecule has 0 aliphatic carbocycles. The Bertz CT molecular complexity index is 505. The number of ether oxygens (including phenoxy) is 2. The van der Waals surface area contributed by atoms with Crippen LogP contribution >= 0.6 is 11.8 Å². The zero-order chi connectivity index (χ0) is 15.1. The smallest absolute Gasteiger partial charge is 0.342 e. The highest BCUT2D eigenvalue weighted by Gasteiger charge is 2.24. The number of methoxy groups -OCH3 is 1. The number of nitrogens with zero attached hydrogens (tertiary/aromatic N) is 1. The minimum Gasteiger partial charge on any atom is -0.493 e. The van der Waals surface area contributed by atoms with Crippen LogP contribution in [0, 0.1) is 10.1 Å². The summed E-state index contributed by atoms with van der Waals surface area (Å²) in [6.45, 7) is 2.37. The standard InChI is InChI=1S/C12H15NO6S/c1-3-20-5-4-19-11-7-9(13(16)17)8(12(14)15)6-10(11)18-2/h6-7H,3-5H2,1-2H3,(H,14,15). The Balaban J connectivity index is 3.07. The number of hydrogen-bond donors (Lipinski definition) is 1. The van der Waals surface area contributed by atoms with Crippen molar-refractivity contribution in [3.63, 3.8) is 0 Å². The lowest BCUT2D eigenvalue weighted by molar-refractivity contribution is -0.385. The van der Waals surface area contributed by atoms with Gasteiger partial charge in [0.05, 0.1) is 24.7 Å². The fourth-order valence-electron chi connectivity index (χ4n) is 1.50. The van der Waals surface area contributed by atoms with E-state index in [4.69, 9.17) is 14.6 Å². The van der Waals surface area contributed by atoms with E-state index < -0.39 is 22.1 Å². The number of aromatic carboxylic acids is 1. The van der Waals surface area contributed by atoms with Crippen LogP contribution in [0.4, 0.5) is 5.69 Å². The molecule has 1 aromatic carbocycles. The maximum atomic E-state index is 11.0. The molecule has 0 fully saturated rings. The lowest BCUT2D eigenvalue weighted by Crippen LogP contribution is -2.07. The highest BCUT2D eigenvalue weighted by atomic mass is 32.2. The van der Waals surface area contributed by atoms with Crippen LogP contribution in [-0.2, 0) is 0 Å². The second-order valence-corrected chi connectivity index (χ2v) is 5.02. The summed E-state index contributed by atoms with van der Waals surface area (Å²) in [5.41, 5.74) is -0.946. The third kappa shape index (κ3) is 4.02. The second kappa shape index (κ2) is 7.59. The van der Waals surface area contributed by atoms with Crippen molar-refractivity contribution in [2.75, 3.05) is 25.2 Å². The summed E-state index contributed by atoms with van der Waals surface area (Å²) in [5.74, 6) is 0.616. The van der Waals surface area contributed by atoms with Gasteiger partial charge in [-0.1, -0.05) is 6.92 Å². The van der Waals surface area contributed by atoms with Crippen molar-refractivity contribution in [2.45, 2.75) is 6.92 Å². The molecule has 110 valence electrons. The van der Waals surface area contributed by atoms with Crippen molar-refractivity contribution in [2.24, 2.45) is 0 Å². The number of carbonyl (C=O) groups is 1. The van der Waals surface area contributed by atoms with E-state index in [2.05, 4.69) is 0 Å². The Kier molecular flexibility index (Phi) is 6.10. The molecule has 0 saturated carbocycles. The van der Waals surface area contributed by atoms with Gasteiger partial charge in [0.25, 0.3) is 5.69 Å². The zero-order valence-electron chi connectivity index (χ0n) is 11.1. The molecule has 0 aliphatic heterocycles. The van der Waals surface area contributed by atoms with Crippen LogP contribution in [0.1, 0.15) is 17.3 Å². The summed E-state index contributed by atoms with van der Waals surface area (Å²) in [5, 5.41) is 19.9. The summed E-state index contributed by atoms with van der Waals surface area (Å²) in [7, 11) is 1.35. The number of nitro benzene ring substituents is 1. The van der Waals surface area contributed by atoms with Gasteiger partial charge in [0, 0.05) is 11.8 Å². The van der Waals surface area contributed by atoms with Crippen LogP contribution in [-0.4, -0.2) is 41.2 Å². The van der Waals surface area contributed by atoms with E-state index in [1.807, 2.05) is 6.92 Å². The molecule has 0 atom stereocenters. The first kappa shape index (κ1) is 16.1. The summed E-state index contributed by atoms with van der Waals surface area (Å²) in [4.78, 5) is 21.1. The fraction of sp³-hybridized carbons (Fsp3) is 0.417. The van der Waals surface area contributed by atoms with Crippen molar-refractivity contribution in [3.05, 3.63) is 27.8 Å². The first-order chi connectivity index (χ1) is 9.51. The van der Waals surface area contributed by atoms with Gasteiger partial charge >= 0.3 is 5.97 Å². The van der Waals surface area contributed by atoms with Crippen LogP contribution in [0.2, 0.25) is 0 Å². The van der Waals surface area contributed by atoms with E-state index in [9.17, 15) is 14.9 Å². The molecule has 0 amide bonds. The molecule has 7 nitrogen and oxygen atoms in total. The van der Waals surface area contributed by atoms with Gasteiger partial charge in [-0.2, -0.15) is 11.8 Å². The SMILES string of the molecule is CCSCCOc1cc([N+](=O)[O-])c(C(=O)O)cc1OC. The van der Waals surface area contributed by atoms with Crippen molar-refractivity contribution in [1.82, 2.24) is 0 Å². The Hall–Kier alpha value is -1.96. The zero-order valence-corrected chi connectivity index (χ0v) is 11.9. The van der Waals surface area contributed by atoms with Crippen molar-refractivity contribution >= 4 is 23.4 Å². The molecule has 0 unspecified atom stereocenters. The summed E-state index contributed by atoms with van der Waals surface area (Å²) in [6, 6.07) is 2.18. The molecule has 0 saturated heterocycles. The van der Waals surface area contributed by atoms with E-state index in [0.717, 1.165) is 23.6 Å². The van der Waals surface area contributed by atoms with E-state index in [1.165, 1.54) is 7.11 Å². The quantitative estimate of drug-likeness (QED) is 0.447. The van der Waals surface area contributed by atoms with Gasteiger partial charge in [0.2, 0.25) is 0 Å². The van der Waals surface area contributed by atoms with Crippen LogP contribution in [0.25, 0.3) is 0 Å². The molecule has 20 heavy (non-hydrogen) atoms. The Morgan fingerprint density at radius 3 is 2.65 bits per heavy atom. The first-order valence-electron chi connectivity index (χ1n) is 5.81. The maximum absolute atomic E-state index is 11.0. The number of rotatable bonds is 8. The molecule has 0 heterocycles. The van der Waals surface area contributed by atoms with E-state index in [0.29, 0.717) is 6.61 Å². The largest absolute Gasteiger partial charge is 0.493 e. The molecule has 0 spiro atoms. The van der Waals surface area contributed by atoms with E-state index in [1.54, 1.807) is 11.8 Å². The van der Waals surface area contributed by atoms with Gasteiger partial charge in [-0.05, 0) is 5.75 Å². The van der Waals surface area contributed by atoms with E-state index >= 15 is 0 Å². The van der Waals surface area contributed by atoms with Gasteiger partial charge in [-0.15, -0.1) is 0 Å². The number of benzene rings is 1. The molecule has 0 aliphatic rings. The molecule has 0 aromatic heterocycles. The molecule has 1 rings (SSSR count). The van der Waals surface area contributed by atoms with Gasteiger partial charge in [-0.25, -0.2) is 4.79 Å². The second-order valence-electron chi connectivity index (χ2n) is 3.63. The van der Waals surface area contributed by atoms with Crippen LogP contribution in [0.15, 0.2) is 12.1 Å². The number of nitro groups is 1. The van der Waals surface area contributed by atoms with Crippen molar-refractivity contribution in [3.8, 4) is 11.5 Å². The van der Waals surface area contributed by atoms with Crippen LogP contribution in [0.5, 0.6) is 11.5 Å². The predicted molar refractivity (Wildman–Crippen MR) is 75.1 cm³/mol. The van der Waals surface area contributed by atoms with Gasteiger partial charge in [0.1, 0.15) is 5.56 Å². The first-order valence-corrected chi connectivity index (χ1v) is 6.97. The lowest BCUT2D eigenvalue weighted by Gasteiger charge is -2.11. The summed E-state index contributed by atoms with van der Waals surface area (Å²) in [6.07, 6.45) is 0. The van der Waals surface area contributed by atoms with Gasteiger partial charge < -0.3 is 14.6 Å². The molecule has 0 radical (unpaired) electrons. The van der Waals surface area contributed by atoms with Crippen LogP contribution < -0.4 is 9.47 Å². The highest BCUT2D eigenvalue weighted by molar-refractivity contribution is 7.99. The van der Waals surface area contributed by atoms with Crippen molar-refractivity contribution in [1.29, 1.82) is 0 Å². The lowest BCUT2D eigenvalue weighted by atomic mass is 10.1. The predicted octanol–water partition coefficient (Wildman–Crippen LogP) is 2.43. The highest BCUT2D eigenvalue weighted by Crippen LogP contribution is 2.34. The fourth-order valence-corrected chi connectivity index (χ4v) is 1.99. The normalized spacial score (nSPS) is 10.1. The molecule has 8 heteroatoms. The average Bonchev–Trinajstić information content (AvgIpc) is 2.42. The summed E-state index contributed by atoms with van der Waals surface area (Å²) >= 11 is 1.67. The Labute approximate surface area is 120 Å². The topological polar surface area (TPSA) is 98.9 Å². The molecule has 1 aromatic rings. The number of carboxylic acids is 1. The average molecular weight is 301 g/mol. The Morgan fingerprint density at radius 1 is 1.45 bits per heavy atom.